The zero-order chi connectivity index (χ0) is 32.7. The number of ether oxygens (including phenoxy) is 3. The van der Waals surface area contributed by atoms with Gasteiger partial charge < -0.3 is 24.4 Å². The fourth-order valence-electron chi connectivity index (χ4n) is 4.35. The van der Waals surface area contributed by atoms with Gasteiger partial charge in [-0.2, -0.15) is 0 Å². The molecule has 0 aromatic heterocycles. The summed E-state index contributed by atoms with van der Waals surface area (Å²) in [5, 5.41) is 2.87. The predicted octanol–water partition coefficient (Wildman–Crippen LogP) is 4.77. The van der Waals surface area contributed by atoms with E-state index in [1.807, 2.05) is 27.7 Å². The Morgan fingerprint density at radius 2 is 1.55 bits per heavy atom. The van der Waals surface area contributed by atoms with Crippen LogP contribution in [0, 0.1) is 5.82 Å². The third kappa shape index (κ3) is 8.62. The van der Waals surface area contributed by atoms with Crippen molar-refractivity contribution in [3.63, 3.8) is 0 Å². The number of halogens is 1. The van der Waals surface area contributed by atoms with Crippen LogP contribution in [0.5, 0.6) is 17.2 Å². The van der Waals surface area contributed by atoms with Crippen LogP contribution >= 0.6 is 0 Å². The van der Waals surface area contributed by atoms with Gasteiger partial charge in [-0.1, -0.05) is 12.1 Å². The summed E-state index contributed by atoms with van der Waals surface area (Å²) in [6.07, 6.45) is 0. The van der Waals surface area contributed by atoms with E-state index in [0.29, 0.717) is 23.7 Å². The van der Waals surface area contributed by atoms with Crippen molar-refractivity contribution in [1.29, 1.82) is 0 Å². The maximum atomic E-state index is 14.2. The van der Waals surface area contributed by atoms with E-state index in [9.17, 15) is 22.4 Å². The van der Waals surface area contributed by atoms with Gasteiger partial charge in [0.2, 0.25) is 11.8 Å². The molecule has 0 saturated carbocycles. The minimum absolute atomic E-state index is 0.0641. The molecule has 238 valence electrons. The van der Waals surface area contributed by atoms with Crippen molar-refractivity contribution < 1.29 is 36.6 Å². The summed E-state index contributed by atoms with van der Waals surface area (Å²) in [6.45, 7) is 8.54. The minimum Gasteiger partial charge on any atom is -0.494 e. The first-order chi connectivity index (χ1) is 20.7. The first-order valence-electron chi connectivity index (χ1n) is 14.0. The maximum absolute atomic E-state index is 14.2. The van der Waals surface area contributed by atoms with Gasteiger partial charge in [-0.3, -0.25) is 13.9 Å². The molecule has 2 amide bonds. The lowest BCUT2D eigenvalue weighted by molar-refractivity contribution is -0.140. The van der Waals surface area contributed by atoms with Crippen molar-refractivity contribution in [3.8, 4) is 17.2 Å². The molecule has 0 spiro atoms. The smallest absolute Gasteiger partial charge is 0.264 e. The molecule has 3 rings (SSSR count). The van der Waals surface area contributed by atoms with Crippen molar-refractivity contribution in [2.45, 2.75) is 57.6 Å². The first kappa shape index (κ1) is 34.2. The number of methoxy groups -OCH3 is 2. The number of anilines is 1. The molecular formula is C32H40FN3O7S. The average Bonchev–Trinajstić information content (AvgIpc) is 2.98. The van der Waals surface area contributed by atoms with Crippen LogP contribution in [-0.2, 0) is 26.2 Å². The quantitative estimate of drug-likeness (QED) is 0.290. The van der Waals surface area contributed by atoms with E-state index in [-0.39, 0.29) is 22.9 Å². The molecule has 0 saturated heterocycles. The Balaban J connectivity index is 2.09. The number of sulfonamides is 1. The monoisotopic (exact) mass is 629 g/mol. The number of nitrogens with one attached hydrogen (secondary N) is 1. The van der Waals surface area contributed by atoms with Crippen LogP contribution in [0.1, 0.15) is 40.2 Å². The second-order valence-electron chi connectivity index (χ2n) is 11.0. The predicted molar refractivity (Wildman–Crippen MR) is 166 cm³/mol. The molecule has 3 aromatic carbocycles. The highest BCUT2D eigenvalue weighted by Crippen LogP contribution is 2.33. The lowest BCUT2D eigenvalue weighted by atomic mass is 10.1. The maximum Gasteiger partial charge on any atom is 0.264 e. The molecule has 44 heavy (non-hydrogen) atoms. The van der Waals surface area contributed by atoms with Crippen LogP contribution in [0.25, 0.3) is 0 Å². The SMILES string of the molecule is CCOc1ccc(N(CC(=O)N(Cc2ccc(F)cc2)[C@@H](C)C(=O)NC(C)(C)C)S(=O)(=O)c2ccc(OC)c(OC)c2)cc1. The van der Waals surface area contributed by atoms with Crippen molar-refractivity contribution in [3.05, 3.63) is 78.1 Å². The number of benzene rings is 3. The number of amides is 2. The third-order valence-electron chi connectivity index (χ3n) is 6.59. The summed E-state index contributed by atoms with van der Waals surface area (Å²) < 4.78 is 59.0. The van der Waals surface area contributed by atoms with Crippen LogP contribution in [0.15, 0.2) is 71.6 Å². The summed E-state index contributed by atoms with van der Waals surface area (Å²) in [6, 6.07) is 15.0. The Kier molecular flexibility index (Phi) is 11.2. The standard InChI is InChI=1S/C32H40FN3O7S/c1-8-43-26-15-13-25(14-16-26)36(44(39,40)27-17-18-28(41-6)29(19-27)42-7)21-30(37)35(20-23-9-11-24(33)12-10-23)22(2)31(38)34-32(3,4)5/h9-19,22H,8,20-21H2,1-7H3,(H,34,38)/t22-/m0/s1. The molecule has 0 aliphatic rings. The van der Waals surface area contributed by atoms with Crippen molar-refractivity contribution >= 4 is 27.5 Å². The number of carbonyl (C=O) groups excluding carboxylic acids is 2. The largest absolute Gasteiger partial charge is 0.494 e. The number of hydrogen-bond acceptors (Lipinski definition) is 7. The highest BCUT2D eigenvalue weighted by atomic mass is 32.2. The van der Waals surface area contributed by atoms with Crippen molar-refractivity contribution in [2.75, 3.05) is 31.7 Å². The van der Waals surface area contributed by atoms with Gasteiger partial charge in [-0.25, -0.2) is 12.8 Å². The first-order valence-corrected chi connectivity index (χ1v) is 15.5. The fraction of sp³-hybridized carbons (Fsp3) is 0.375. The fourth-order valence-corrected chi connectivity index (χ4v) is 5.78. The Hall–Kier alpha value is -4.32. The van der Waals surface area contributed by atoms with Crippen molar-refractivity contribution in [1.82, 2.24) is 10.2 Å². The topological polar surface area (TPSA) is 114 Å². The summed E-state index contributed by atoms with van der Waals surface area (Å²) in [4.78, 5) is 28.4. The molecule has 0 heterocycles. The van der Waals surface area contributed by atoms with Gasteiger partial charge in [0.15, 0.2) is 11.5 Å². The van der Waals surface area contributed by atoms with E-state index in [1.54, 1.807) is 19.1 Å². The number of nitrogens with zero attached hydrogens (tertiary/aromatic N) is 2. The van der Waals surface area contributed by atoms with Crippen LogP contribution in [0.4, 0.5) is 10.1 Å². The molecular weight excluding hydrogens is 589 g/mol. The van der Waals surface area contributed by atoms with Gasteiger partial charge in [0.1, 0.15) is 24.2 Å². The lowest BCUT2D eigenvalue weighted by Crippen LogP contribution is -2.54. The highest BCUT2D eigenvalue weighted by Gasteiger charge is 2.34. The molecule has 0 fully saturated rings. The van der Waals surface area contributed by atoms with E-state index in [1.165, 1.54) is 73.7 Å². The highest BCUT2D eigenvalue weighted by molar-refractivity contribution is 7.92. The summed E-state index contributed by atoms with van der Waals surface area (Å²) >= 11 is 0. The number of rotatable bonds is 13. The Morgan fingerprint density at radius 3 is 2.09 bits per heavy atom. The van der Waals surface area contributed by atoms with Gasteiger partial charge >= 0.3 is 0 Å². The van der Waals surface area contributed by atoms with E-state index < -0.39 is 45.8 Å². The second-order valence-corrected chi connectivity index (χ2v) is 12.9. The number of hydrogen-bond donors (Lipinski definition) is 1. The van der Waals surface area contributed by atoms with Crippen LogP contribution < -0.4 is 23.8 Å². The average molecular weight is 630 g/mol. The van der Waals surface area contributed by atoms with E-state index in [0.717, 1.165) is 4.31 Å². The van der Waals surface area contributed by atoms with Crippen molar-refractivity contribution in [2.24, 2.45) is 0 Å². The molecule has 0 bridgehead atoms. The zero-order valence-electron chi connectivity index (χ0n) is 26.1. The molecule has 0 radical (unpaired) electrons. The van der Waals surface area contributed by atoms with E-state index in [2.05, 4.69) is 5.32 Å². The van der Waals surface area contributed by atoms with Gasteiger partial charge in [-0.15, -0.1) is 0 Å². The molecule has 10 nitrogen and oxygen atoms in total. The third-order valence-corrected chi connectivity index (χ3v) is 8.36. The molecule has 0 aliphatic carbocycles. The zero-order valence-corrected chi connectivity index (χ0v) is 26.9. The Bertz CT molecular complexity index is 1540. The molecule has 3 aromatic rings. The summed E-state index contributed by atoms with van der Waals surface area (Å²) in [5.41, 5.74) is 0.178. The van der Waals surface area contributed by atoms with Gasteiger partial charge in [-0.05, 0) is 88.7 Å². The normalized spacial score (nSPS) is 12.2. The van der Waals surface area contributed by atoms with Crippen LogP contribution in [-0.4, -0.2) is 64.1 Å². The summed E-state index contributed by atoms with van der Waals surface area (Å²) in [7, 11) is -1.54. The Labute approximate surface area is 258 Å². The molecule has 0 unspecified atom stereocenters. The van der Waals surface area contributed by atoms with E-state index in [4.69, 9.17) is 14.2 Å². The van der Waals surface area contributed by atoms with Crippen LogP contribution in [0.2, 0.25) is 0 Å². The second kappa shape index (κ2) is 14.4. The van der Waals surface area contributed by atoms with Gasteiger partial charge in [0.25, 0.3) is 10.0 Å². The molecule has 0 aliphatic heterocycles. The van der Waals surface area contributed by atoms with E-state index >= 15 is 0 Å². The Morgan fingerprint density at radius 1 is 0.932 bits per heavy atom. The minimum atomic E-state index is -4.36. The lowest BCUT2D eigenvalue weighted by Gasteiger charge is -2.33. The molecule has 12 heteroatoms. The van der Waals surface area contributed by atoms with Crippen LogP contribution in [0.3, 0.4) is 0 Å². The van der Waals surface area contributed by atoms with Gasteiger partial charge in [0.05, 0.1) is 31.4 Å². The summed E-state index contributed by atoms with van der Waals surface area (Å²) in [5.74, 6) is -0.479. The molecule has 1 N–H and O–H groups in total. The number of carbonyl (C=O) groups is 2. The van der Waals surface area contributed by atoms with Gasteiger partial charge in [0, 0.05) is 18.2 Å². The molecule has 1 atom stereocenters.